The van der Waals surface area contributed by atoms with Gasteiger partial charge in [-0.2, -0.15) is 0 Å². The summed E-state index contributed by atoms with van der Waals surface area (Å²) in [7, 11) is -3.63. The Morgan fingerprint density at radius 1 is 1.35 bits per heavy atom. The van der Waals surface area contributed by atoms with Crippen LogP contribution in [0.25, 0.3) is 0 Å². The van der Waals surface area contributed by atoms with Gasteiger partial charge in [-0.3, -0.25) is 9.79 Å². The molecule has 0 saturated carbocycles. The maximum absolute atomic E-state index is 14.3. The van der Waals surface area contributed by atoms with E-state index in [1.54, 1.807) is 0 Å². The number of amidine groups is 1. The molecule has 126 valence electrons. The highest BCUT2D eigenvalue weighted by Gasteiger charge is 2.49. The molecule has 0 unspecified atom stereocenters. The second-order valence-corrected chi connectivity index (χ2v) is 8.95. The predicted molar refractivity (Wildman–Crippen MR) is 87.5 cm³/mol. The van der Waals surface area contributed by atoms with Crippen LogP contribution >= 0.6 is 0 Å². The molecule has 1 amide bonds. The quantitative estimate of drug-likeness (QED) is 0.852. The van der Waals surface area contributed by atoms with Crippen LogP contribution in [0.3, 0.4) is 0 Å². The fraction of sp³-hybridized carbons (Fsp3) is 0.467. The zero-order valence-corrected chi connectivity index (χ0v) is 14.3. The van der Waals surface area contributed by atoms with Crippen molar-refractivity contribution >= 4 is 27.3 Å². The Bertz CT molecular complexity index is 802. The molecule has 23 heavy (non-hydrogen) atoms. The molecular weight excluding hydrogens is 321 g/mol. The van der Waals surface area contributed by atoms with Crippen LogP contribution in [0.5, 0.6) is 0 Å². The van der Waals surface area contributed by atoms with Crippen LogP contribution in [0, 0.1) is 5.82 Å². The van der Waals surface area contributed by atoms with Gasteiger partial charge in [-0.05, 0) is 39.0 Å². The lowest BCUT2D eigenvalue weighted by Crippen LogP contribution is -2.54. The molecule has 3 N–H and O–H groups in total. The number of sulfone groups is 1. The van der Waals surface area contributed by atoms with E-state index in [9.17, 15) is 17.6 Å². The van der Waals surface area contributed by atoms with E-state index in [1.807, 2.05) is 0 Å². The molecule has 1 atom stereocenters. The summed E-state index contributed by atoms with van der Waals surface area (Å²) in [6.45, 7) is 5.80. The number of carbonyl (C=O) groups excluding carboxylic acids is 1. The number of rotatable bonds is 2. The van der Waals surface area contributed by atoms with Gasteiger partial charge in [-0.15, -0.1) is 0 Å². The Kier molecular flexibility index (Phi) is 4.00. The number of nitrogens with two attached hydrogens (primary N) is 1. The first-order chi connectivity index (χ1) is 10.4. The van der Waals surface area contributed by atoms with E-state index in [0.717, 1.165) is 0 Å². The van der Waals surface area contributed by atoms with E-state index in [-0.39, 0.29) is 23.1 Å². The third-order valence-corrected chi connectivity index (χ3v) is 6.81. The summed E-state index contributed by atoms with van der Waals surface area (Å²) in [6, 6.07) is 3.96. The van der Waals surface area contributed by atoms with Crippen molar-refractivity contribution in [1.82, 2.24) is 0 Å². The summed E-state index contributed by atoms with van der Waals surface area (Å²) < 4.78 is 38.0. The molecule has 0 aromatic heterocycles. The number of nitrogens with one attached hydrogen (secondary N) is 1. The van der Waals surface area contributed by atoms with E-state index < -0.39 is 25.9 Å². The van der Waals surface area contributed by atoms with Crippen LogP contribution < -0.4 is 11.1 Å². The number of amides is 1. The first-order valence-electron chi connectivity index (χ1n) is 7.05. The number of anilines is 1. The van der Waals surface area contributed by atoms with Gasteiger partial charge in [0, 0.05) is 18.2 Å². The molecule has 6 nitrogen and oxygen atoms in total. The van der Waals surface area contributed by atoms with E-state index in [1.165, 1.54) is 45.9 Å². The second kappa shape index (κ2) is 5.30. The van der Waals surface area contributed by atoms with Gasteiger partial charge in [0.2, 0.25) is 5.91 Å². The molecule has 1 aliphatic heterocycles. The van der Waals surface area contributed by atoms with Crippen molar-refractivity contribution in [3.8, 4) is 0 Å². The number of nitrogens with zero attached hydrogens (tertiary/aromatic N) is 1. The average molecular weight is 341 g/mol. The first kappa shape index (κ1) is 17.4. The average Bonchev–Trinajstić information content (AvgIpc) is 2.37. The van der Waals surface area contributed by atoms with E-state index in [0.29, 0.717) is 5.69 Å². The third kappa shape index (κ3) is 2.95. The maximum Gasteiger partial charge on any atom is 0.221 e. The molecule has 0 saturated heterocycles. The molecule has 1 heterocycles. The van der Waals surface area contributed by atoms with Crippen molar-refractivity contribution in [1.29, 1.82) is 0 Å². The van der Waals surface area contributed by atoms with Gasteiger partial charge in [0.05, 0.1) is 5.75 Å². The van der Waals surface area contributed by atoms with Crippen LogP contribution in [0.2, 0.25) is 0 Å². The Hall–Kier alpha value is -1.96. The highest BCUT2D eigenvalue weighted by molar-refractivity contribution is 7.93. The van der Waals surface area contributed by atoms with Crippen molar-refractivity contribution in [2.24, 2.45) is 10.7 Å². The van der Waals surface area contributed by atoms with Crippen LogP contribution in [0.4, 0.5) is 10.1 Å². The fourth-order valence-corrected chi connectivity index (χ4v) is 4.18. The molecule has 0 spiro atoms. The molecule has 0 fully saturated rings. The summed E-state index contributed by atoms with van der Waals surface area (Å²) in [5, 5.41) is 2.54. The van der Waals surface area contributed by atoms with Gasteiger partial charge < -0.3 is 11.1 Å². The first-order valence-corrected chi connectivity index (χ1v) is 8.70. The molecule has 1 aliphatic rings. The number of hydrogen-bond donors (Lipinski definition) is 2. The van der Waals surface area contributed by atoms with Gasteiger partial charge in [-0.1, -0.05) is 0 Å². The van der Waals surface area contributed by atoms with E-state index >= 15 is 0 Å². The van der Waals surface area contributed by atoms with Crippen LogP contribution in [-0.4, -0.2) is 30.7 Å². The smallest absolute Gasteiger partial charge is 0.221 e. The van der Waals surface area contributed by atoms with Crippen molar-refractivity contribution in [2.75, 3.05) is 11.1 Å². The Morgan fingerprint density at radius 2 is 1.96 bits per heavy atom. The van der Waals surface area contributed by atoms with Gasteiger partial charge in [-0.25, -0.2) is 12.8 Å². The summed E-state index contributed by atoms with van der Waals surface area (Å²) in [4.78, 5) is 15.4. The lowest BCUT2D eigenvalue weighted by Gasteiger charge is -2.38. The minimum absolute atomic E-state index is 0.0596. The van der Waals surface area contributed by atoms with E-state index in [2.05, 4.69) is 10.3 Å². The minimum Gasteiger partial charge on any atom is -0.386 e. The van der Waals surface area contributed by atoms with Gasteiger partial charge in [0.1, 0.15) is 21.9 Å². The summed E-state index contributed by atoms with van der Waals surface area (Å²) in [5.41, 5.74) is 4.94. The number of benzene rings is 1. The number of halogens is 1. The second-order valence-electron chi connectivity index (χ2n) is 6.42. The molecule has 1 aromatic rings. The highest BCUT2D eigenvalue weighted by atomic mass is 32.2. The molecule has 2 rings (SSSR count). The highest BCUT2D eigenvalue weighted by Crippen LogP contribution is 2.38. The number of aliphatic imine (C=N–C) groups is 1. The zero-order chi connectivity index (χ0) is 17.6. The molecule has 1 aromatic carbocycles. The Labute approximate surface area is 134 Å². The summed E-state index contributed by atoms with van der Waals surface area (Å²) >= 11 is 0. The monoisotopic (exact) mass is 341 g/mol. The largest absolute Gasteiger partial charge is 0.386 e. The van der Waals surface area contributed by atoms with Crippen LogP contribution in [-0.2, 0) is 20.2 Å². The predicted octanol–water partition coefficient (Wildman–Crippen LogP) is 1.56. The number of carbonyl (C=O) groups is 1. The zero-order valence-electron chi connectivity index (χ0n) is 13.5. The topological polar surface area (TPSA) is 102 Å². The normalized spacial score (nSPS) is 25.5. The maximum atomic E-state index is 14.3. The molecular formula is C15H20FN3O3S. The number of hydrogen-bond acceptors (Lipinski definition) is 5. The van der Waals surface area contributed by atoms with Crippen LogP contribution in [0.1, 0.15) is 33.3 Å². The molecule has 0 aliphatic carbocycles. The molecule has 8 heteroatoms. The van der Waals surface area contributed by atoms with E-state index in [4.69, 9.17) is 5.73 Å². The molecule has 0 radical (unpaired) electrons. The Balaban J connectivity index is 2.61. The third-order valence-electron chi connectivity index (χ3n) is 4.10. The van der Waals surface area contributed by atoms with Crippen LogP contribution in [0.15, 0.2) is 23.2 Å². The van der Waals surface area contributed by atoms with Crippen molar-refractivity contribution in [3.05, 3.63) is 29.6 Å². The minimum atomic E-state index is -3.63. The van der Waals surface area contributed by atoms with Crippen molar-refractivity contribution in [2.45, 2.75) is 38.0 Å². The lowest BCUT2D eigenvalue weighted by molar-refractivity contribution is -0.114. The van der Waals surface area contributed by atoms with Gasteiger partial charge in [0.25, 0.3) is 0 Å². The fourth-order valence-electron chi connectivity index (χ4n) is 2.50. The van der Waals surface area contributed by atoms with Gasteiger partial charge >= 0.3 is 0 Å². The Morgan fingerprint density at radius 3 is 2.48 bits per heavy atom. The lowest BCUT2D eigenvalue weighted by atomic mass is 9.92. The van der Waals surface area contributed by atoms with Crippen molar-refractivity contribution < 1.29 is 17.6 Å². The summed E-state index contributed by atoms with van der Waals surface area (Å²) in [5.74, 6) is -1.34. The SMILES string of the molecule is CC(=O)Nc1ccc(F)c([C@]2(C)CS(=O)(=O)C(C)(C)C(N)=N2)c1. The molecule has 0 bridgehead atoms. The van der Waals surface area contributed by atoms with Gasteiger partial charge in [0.15, 0.2) is 9.84 Å². The summed E-state index contributed by atoms with van der Waals surface area (Å²) in [6.07, 6.45) is 0. The van der Waals surface area contributed by atoms with Crippen molar-refractivity contribution in [3.63, 3.8) is 0 Å². The standard InChI is InChI=1S/C15H20FN3O3S/c1-9(20)18-10-5-6-12(16)11(7-10)15(4)8-23(21,22)14(2,3)13(17)19-15/h5-7H,8H2,1-4H3,(H2,17,19)(H,18,20)/t15-/m0/s1.